The predicted octanol–water partition coefficient (Wildman–Crippen LogP) is 5.47. The van der Waals surface area contributed by atoms with Gasteiger partial charge in [-0.05, 0) is 108 Å². The lowest BCUT2D eigenvalue weighted by molar-refractivity contribution is 0.0951. The van der Waals surface area contributed by atoms with Crippen molar-refractivity contribution in [2.75, 3.05) is 59.2 Å². The fraction of sp³-hybridized carbons (Fsp3) is 0.394. The van der Waals surface area contributed by atoms with Gasteiger partial charge in [0.15, 0.2) is 11.5 Å². The van der Waals surface area contributed by atoms with Crippen molar-refractivity contribution in [2.24, 2.45) is 0 Å². The Bertz CT molecular complexity index is 1600. The zero-order chi connectivity index (χ0) is 28.9. The molecule has 1 fully saturated rings. The Morgan fingerprint density at radius 1 is 1.02 bits per heavy atom. The van der Waals surface area contributed by atoms with Crippen LogP contribution in [0.25, 0.3) is 27.4 Å². The number of benzene rings is 3. The molecule has 0 unspecified atom stereocenters. The molecule has 0 aliphatic carbocycles. The number of anilines is 1. The summed E-state index contributed by atoms with van der Waals surface area (Å²) in [7, 11) is 6.23. The van der Waals surface area contributed by atoms with Crippen LogP contribution in [0.4, 0.5) is 5.69 Å². The summed E-state index contributed by atoms with van der Waals surface area (Å²) in [5.41, 5.74) is 2.12. The van der Waals surface area contributed by atoms with Crippen LogP contribution in [0.3, 0.4) is 0 Å². The molecule has 3 aromatic carbocycles. The topological polar surface area (TPSA) is 78.8 Å². The Balaban J connectivity index is 0.000000500. The summed E-state index contributed by atoms with van der Waals surface area (Å²) >= 11 is 0. The Labute approximate surface area is 241 Å². The largest absolute Gasteiger partial charge is 0.451 e. The van der Waals surface area contributed by atoms with Crippen molar-refractivity contribution in [3.8, 4) is 17.2 Å². The number of unbranched alkanes of at least 4 members (excludes halogenated alkanes) is 1. The van der Waals surface area contributed by atoms with Crippen LogP contribution in [0.2, 0.25) is 0 Å². The zero-order valence-corrected chi connectivity index (χ0v) is 24.6. The number of hydrogen-bond acceptors (Lipinski definition) is 6. The van der Waals surface area contributed by atoms with E-state index in [4.69, 9.17) is 4.74 Å². The van der Waals surface area contributed by atoms with Gasteiger partial charge in [0.25, 0.3) is 5.91 Å². The van der Waals surface area contributed by atoms with Crippen molar-refractivity contribution >= 4 is 33.3 Å². The predicted molar refractivity (Wildman–Crippen MR) is 168 cm³/mol. The van der Waals surface area contributed by atoms with Crippen molar-refractivity contribution in [3.05, 3.63) is 70.5 Å². The highest BCUT2D eigenvalue weighted by molar-refractivity contribution is 6.01. The molecular weight excluding hydrogens is 514 g/mol. The number of carbonyl (C=O) groups excluding carboxylic acids is 1. The second kappa shape index (κ2) is 12.7. The van der Waals surface area contributed by atoms with E-state index < -0.39 is 0 Å². The van der Waals surface area contributed by atoms with Gasteiger partial charge in [-0.1, -0.05) is 24.3 Å². The van der Waals surface area contributed by atoms with E-state index in [1.165, 1.54) is 25.9 Å². The highest BCUT2D eigenvalue weighted by Crippen LogP contribution is 2.45. The first-order chi connectivity index (χ1) is 19.9. The van der Waals surface area contributed by atoms with Gasteiger partial charge in [-0.3, -0.25) is 9.59 Å². The van der Waals surface area contributed by atoms with Gasteiger partial charge in [0, 0.05) is 19.3 Å². The van der Waals surface area contributed by atoms with Gasteiger partial charge in [0.1, 0.15) is 11.1 Å². The lowest BCUT2D eigenvalue weighted by Gasteiger charge is -2.26. The number of fused-ring (bicyclic) bond motifs is 3. The fourth-order valence-electron chi connectivity index (χ4n) is 5.49. The van der Waals surface area contributed by atoms with Crippen LogP contribution in [0.1, 0.15) is 43.0 Å². The molecule has 2 aliphatic heterocycles. The van der Waals surface area contributed by atoms with Gasteiger partial charge in [-0.25, -0.2) is 0 Å². The first-order valence-electron chi connectivity index (χ1n) is 14.7. The molecule has 1 saturated heterocycles. The summed E-state index contributed by atoms with van der Waals surface area (Å²) < 4.78 is 8.31. The highest BCUT2D eigenvalue weighted by atomic mass is 16.5. The second-order valence-corrected chi connectivity index (χ2v) is 11.2. The Kier molecular flexibility index (Phi) is 8.90. The van der Waals surface area contributed by atoms with E-state index in [1.807, 2.05) is 68.1 Å². The Hall–Kier alpha value is -3.88. The van der Waals surface area contributed by atoms with E-state index in [0.29, 0.717) is 35.5 Å². The van der Waals surface area contributed by atoms with Crippen molar-refractivity contribution in [2.45, 2.75) is 32.6 Å². The molecular formula is C33H41N5O3. The van der Waals surface area contributed by atoms with Crippen LogP contribution in [0.5, 0.6) is 11.5 Å². The molecule has 2 N–H and O–H groups in total. The van der Waals surface area contributed by atoms with E-state index in [0.717, 1.165) is 41.5 Å². The maximum absolute atomic E-state index is 13.4. The number of likely N-dealkylation sites (tertiary alicyclic amines) is 1. The summed E-state index contributed by atoms with van der Waals surface area (Å²) in [6.45, 7) is 6.85. The number of nitrogens with one attached hydrogen (secondary N) is 2. The molecule has 4 aromatic rings. The highest BCUT2D eigenvalue weighted by Gasteiger charge is 2.26. The third kappa shape index (κ3) is 6.24. The van der Waals surface area contributed by atoms with E-state index in [2.05, 4.69) is 27.5 Å². The molecule has 8 nitrogen and oxygen atoms in total. The molecule has 0 radical (unpaired) electrons. The Morgan fingerprint density at radius 3 is 2.41 bits per heavy atom. The summed E-state index contributed by atoms with van der Waals surface area (Å²) in [6, 6.07) is 15.7. The summed E-state index contributed by atoms with van der Waals surface area (Å²) in [6.07, 6.45) is 6.32. The number of nitrogens with zero attached hydrogens (tertiary/aromatic N) is 3. The zero-order valence-electron chi connectivity index (χ0n) is 24.6. The summed E-state index contributed by atoms with van der Waals surface area (Å²) in [5, 5.41) is 8.84. The minimum atomic E-state index is -0.350. The SMILES string of the molecule is CCNc1ccc2c(=O)c(C(=O)NCCCCN(C)C)cn3c2c1Oc1cc2ccccc2cc1-3.CN1CCCC1. The maximum atomic E-state index is 13.4. The minimum absolute atomic E-state index is 0.133. The van der Waals surface area contributed by atoms with Crippen LogP contribution in [0, 0.1) is 0 Å². The molecule has 0 atom stereocenters. The van der Waals surface area contributed by atoms with Gasteiger partial charge in [-0.15, -0.1) is 0 Å². The third-order valence-corrected chi connectivity index (χ3v) is 7.68. The Morgan fingerprint density at radius 2 is 1.76 bits per heavy atom. The van der Waals surface area contributed by atoms with Crippen LogP contribution < -0.4 is 20.8 Å². The van der Waals surface area contributed by atoms with Crippen LogP contribution >= 0.6 is 0 Å². The molecule has 3 heterocycles. The molecule has 6 rings (SSSR count). The maximum Gasteiger partial charge on any atom is 0.256 e. The average Bonchev–Trinajstić information content (AvgIpc) is 3.45. The number of pyridine rings is 1. The lowest BCUT2D eigenvalue weighted by atomic mass is 10.0. The fourth-order valence-corrected chi connectivity index (χ4v) is 5.49. The van der Waals surface area contributed by atoms with E-state index in [-0.39, 0.29) is 16.9 Å². The van der Waals surface area contributed by atoms with Crippen LogP contribution in [-0.2, 0) is 0 Å². The van der Waals surface area contributed by atoms with Gasteiger partial charge in [0.2, 0.25) is 5.43 Å². The lowest BCUT2D eigenvalue weighted by Crippen LogP contribution is -2.31. The normalized spacial score (nSPS) is 14.0. The number of carbonyl (C=O) groups is 1. The quantitative estimate of drug-likeness (QED) is 0.248. The van der Waals surface area contributed by atoms with Crippen LogP contribution in [-0.4, -0.2) is 74.1 Å². The van der Waals surface area contributed by atoms with Crippen molar-refractivity contribution < 1.29 is 9.53 Å². The first-order valence-corrected chi connectivity index (χ1v) is 14.7. The molecule has 0 saturated carbocycles. The number of rotatable bonds is 8. The van der Waals surface area contributed by atoms with Gasteiger partial charge >= 0.3 is 0 Å². The minimum Gasteiger partial charge on any atom is -0.451 e. The summed E-state index contributed by atoms with van der Waals surface area (Å²) in [5.74, 6) is 0.929. The van der Waals surface area contributed by atoms with Gasteiger partial charge in [0.05, 0.1) is 16.8 Å². The molecule has 1 aromatic heterocycles. The standard InChI is InChI=1S/C28H30N4O3.C5H11N/c1-4-29-22-12-11-20-25-27(22)35-24-16-19-10-6-5-9-18(19)15-23(24)32(25)17-21(26(20)33)28(34)30-13-7-8-14-31(2)3;1-6-4-2-3-5-6/h5-6,9-12,15-17,29H,4,7-8,13-14H2,1-3H3,(H,30,34);2-5H2,1H3. The van der Waals surface area contributed by atoms with Gasteiger partial charge in [-0.2, -0.15) is 0 Å². The molecule has 41 heavy (non-hydrogen) atoms. The van der Waals surface area contributed by atoms with Gasteiger partial charge < -0.3 is 29.7 Å². The monoisotopic (exact) mass is 555 g/mol. The molecule has 2 aliphatic rings. The summed E-state index contributed by atoms with van der Waals surface area (Å²) in [4.78, 5) is 31.0. The molecule has 8 heteroatoms. The molecule has 0 spiro atoms. The van der Waals surface area contributed by atoms with E-state index in [1.54, 1.807) is 12.3 Å². The second-order valence-electron chi connectivity index (χ2n) is 11.2. The van der Waals surface area contributed by atoms with Crippen molar-refractivity contribution in [1.29, 1.82) is 0 Å². The molecule has 216 valence electrons. The van der Waals surface area contributed by atoms with Crippen molar-refractivity contribution in [1.82, 2.24) is 19.7 Å². The molecule has 0 bridgehead atoms. The van der Waals surface area contributed by atoms with E-state index >= 15 is 0 Å². The van der Waals surface area contributed by atoms with E-state index in [9.17, 15) is 9.59 Å². The first kappa shape index (κ1) is 28.6. The average molecular weight is 556 g/mol. The number of ether oxygens (including phenoxy) is 1. The van der Waals surface area contributed by atoms with Crippen LogP contribution in [0.15, 0.2) is 59.5 Å². The number of amides is 1. The molecule has 1 amide bonds. The number of aromatic nitrogens is 1. The smallest absolute Gasteiger partial charge is 0.256 e. The number of hydrogen-bond donors (Lipinski definition) is 2. The third-order valence-electron chi connectivity index (χ3n) is 7.68. The van der Waals surface area contributed by atoms with Crippen molar-refractivity contribution in [3.63, 3.8) is 0 Å².